The Balaban J connectivity index is 1.68. The maximum absolute atomic E-state index is 4.94. The zero-order chi connectivity index (χ0) is 20.6. The van der Waals surface area contributed by atoms with E-state index in [0.29, 0.717) is 19.0 Å². The lowest BCUT2D eigenvalue weighted by molar-refractivity contribution is 0.255. The number of hydrogen-bond acceptors (Lipinski definition) is 4. The van der Waals surface area contributed by atoms with Gasteiger partial charge in [-0.05, 0) is 37.9 Å². The summed E-state index contributed by atoms with van der Waals surface area (Å²) in [5.41, 5.74) is 1.22. The van der Waals surface area contributed by atoms with E-state index in [1.807, 2.05) is 24.6 Å². The number of likely N-dealkylation sites (tertiary alicyclic amines) is 1. The number of nitrogens with one attached hydrogen (secondary N) is 1. The second kappa shape index (κ2) is 10.4. The number of aryl methyl sites for hydroxylation is 1. The molecule has 1 saturated heterocycles. The molecule has 1 aromatic heterocycles. The van der Waals surface area contributed by atoms with Crippen LogP contribution in [0.5, 0.6) is 0 Å². The number of rotatable bonds is 8. The van der Waals surface area contributed by atoms with Crippen molar-refractivity contribution in [3.05, 3.63) is 47.5 Å². The molecular weight excluding hydrogens is 362 g/mol. The molecule has 1 aliphatic heterocycles. The minimum atomic E-state index is 0.627. The molecule has 0 bridgehead atoms. The van der Waals surface area contributed by atoms with E-state index in [0.717, 1.165) is 50.3 Å². The van der Waals surface area contributed by atoms with Crippen LogP contribution in [0.1, 0.15) is 37.5 Å². The zero-order valence-corrected chi connectivity index (χ0v) is 18.3. The highest BCUT2D eigenvalue weighted by Crippen LogP contribution is 2.18. The minimum absolute atomic E-state index is 0.627. The zero-order valence-electron chi connectivity index (χ0n) is 18.3. The molecule has 158 valence electrons. The molecule has 1 aromatic carbocycles. The highest BCUT2D eigenvalue weighted by atomic mass is 15.3. The summed E-state index contributed by atoms with van der Waals surface area (Å²) in [7, 11) is 2.00. The molecule has 7 nitrogen and oxygen atoms in total. The first-order valence-corrected chi connectivity index (χ1v) is 10.7. The van der Waals surface area contributed by atoms with Gasteiger partial charge >= 0.3 is 0 Å². The Morgan fingerprint density at radius 3 is 2.62 bits per heavy atom. The summed E-state index contributed by atoms with van der Waals surface area (Å²) in [5.74, 6) is 3.51. The van der Waals surface area contributed by atoms with Crippen molar-refractivity contribution in [2.75, 3.05) is 32.7 Å². The SMILES string of the molecule is CCN(CC)CC1CCN(C(=NCc2ccccc2)NCc2nnc(C)n2C)C1. The number of aliphatic imine (C=N–C) groups is 1. The molecule has 1 fully saturated rings. The lowest BCUT2D eigenvalue weighted by Gasteiger charge is -2.24. The molecule has 1 unspecified atom stereocenters. The van der Waals surface area contributed by atoms with Gasteiger partial charge in [-0.2, -0.15) is 0 Å². The number of benzene rings is 1. The molecule has 3 rings (SSSR count). The van der Waals surface area contributed by atoms with Crippen LogP contribution in [0.3, 0.4) is 0 Å². The second-order valence-corrected chi connectivity index (χ2v) is 7.79. The van der Waals surface area contributed by atoms with E-state index < -0.39 is 0 Å². The first-order valence-electron chi connectivity index (χ1n) is 10.7. The van der Waals surface area contributed by atoms with Gasteiger partial charge in [-0.25, -0.2) is 4.99 Å². The average molecular weight is 398 g/mol. The van der Waals surface area contributed by atoms with Crippen molar-refractivity contribution in [1.82, 2.24) is 29.9 Å². The quantitative estimate of drug-likeness (QED) is 0.548. The van der Waals surface area contributed by atoms with Crippen LogP contribution in [-0.4, -0.2) is 63.2 Å². The molecule has 29 heavy (non-hydrogen) atoms. The predicted molar refractivity (Wildman–Crippen MR) is 118 cm³/mol. The van der Waals surface area contributed by atoms with Crippen LogP contribution in [0.4, 0.5) is 0 Å². The van der Waals surface area contributed by atoms with Gasteiger partial charge in [0.05, 0.1) is 13.1 Å². The van der Waals surface area contributed by atoms with Crippen molar-refractivity contribution in [2.24, 2.45) is 18.0 Å². The first-order chi connectivity index (χ1) is 14.1. The van der Waals surface area contributed by atoms with Crippen molar-refractivity contribution in [3.63, 3.8) is 0 Å². The average Bonchev–Trinajstić information content (AvgIpc) is 3.34. The number of nitrogens with zero attached hydrogens (tertiary/aromatic N) is 6. The van der Waals surface area contributed by atoms with Crippen molar-refractivity contribution in [3.8, 4) is 0 Å². The van der Waals surface area contributed by atoms with E-state index in [9.17, 15) is 0 Å². The topological polar surface area (TPSA) is 61.6 Å². The maximum atomic E-state index is 4.94. The van der Waals surface area contributed by atoms with Crippen LogP contribution in [0.25, 0.3) is 0 Å². The summed E-state index contributed by atoms with van der Waals surface area (Å²) >= 11 is 0. The van der Waals surface area contributed by atoms with E-state index in [1.165, 1.54) is 12.0 Å². The Labute approximate surface area is 174 Å². The molecule has 0 amide bonds. The summed E-state index contributed by atoms with van der Waals surface area (Å²) < 4.78 is 2.02. The normalized spacial score (nSPS) is 17.3. The number of hydrogen-bond donors (Lipinski definition) is 1. The Morgan fingerprint density at radius 2 is 1.97 bits per heavy atom. The van der Waals surface area contributed by atoms with Crippen molar-refractivity contribution in [1.29, 1.82) is 0 Å². The van der Waals surface area contributed by atoms with Crippen LogP contribution in [0, 0.1) is 12.8 Å². The Bertz CT molecular complexity index is 780. The van der Waals surface area contributed by atoms with Gasteiger partial charge in [0.25, 0.3) is 0 Å². The summed E-state index contributed by atoms with van der Waals surface area (Å²) in [4.78, 5) is 9.86. The van der Waals surface area contributed by atoms with E-state index in [-0.39, 0.29) is 0 Å². The fourth-order valence-electron chi connectivity index (χ4n) is 3.80. The fraction of sp³-hybridized carbons (Fsp3) is 0.591. The van der Waals surface area contributed by atoms with E-state index in [1.54, 1.807) is 0 Å². The molecule has 2 aromatic rings. The molecule has 0 radical (unpaired) electrons. The predicted octanol–water partition coefficient (Wildman–Crippen LogP) is 2.43. The standard InChI is InChI=1S/C22H35N7/c1-5-28(6-2)16-20-12-13-29(17-20)22(23-14-19-10-8-7-9-11-19)24-15-21-26-25-18(3)27(21)4/h7-11,20H,5-6,12-17H2,1-4H3,(H,23,24). The number of aromatic nitrogens is 3. The highest BCUT2D eigenvalue weighted by molar-refractivity contribution is 5.80. The van der Waals surface area contributed by atoms with Gasteiger partial charge in [0, 0.05) is 26.7 Å². The summed E-state index contributed by atoms with van der Waals surface area (Å²) in [6.07, 6.45) is 1.21. The van der Waals surface area contributed by atoms with Crippen molar-refractivity contribution >= 4 is 5.96 Å². The van der Waals surface area contributed by atoms with E-state index >= 15 is 0 Å². The monoisotopic (exact) mass is 397 g/mol. The van der Waals surface area contributed by atoms with Gasteiger partial charge in [0.1, 0.15) is 5.82 Å². The molecule has 1 atom stereocenters. The second-order valence-electron chi connectivity index (χ2n) is 7.79. The molecule has 0 aliphatic carbocycles. The molecular formula is C22H35N7. The van der Waals surface area contributed by atoms with Crippen LogP contribution < -0.4 is 5.32 Å². The fourth-order valence-corrected chi connectivity index (χ4v) is 3.80. The summed E-state index contributed by atoms with van der Waals surface area (Å²) in [5, 5.41) is 12.0. The third-order valence-electron chi connectivity index (χ3n) is 5.84. The molecule has 0 spiro atoms. The molecule has 1 aliphatic rings. The van der Waals surface area contributed by atoms with Gasteiger partial charge in [-0.1, -0.05) is 44.2 Å². The van der Waals surface area contributed by atoms with Crippen LogP contribution in [0.15, 0.2) is 35.3 Å². The van der Waals surface area contributed by atoms with Gasteiger partial charge in [-0.3, -0.25) is 0 Å². The third kappa shape index (κ3) is 5.79. The molecule has 0 saturated carbocycles. The molecule has 1 N–H and O–H groups in total. The Kier molecular flexibility index (Phi) is 7.63. The minimum Gasteiger partial charge on any atom is -0.349 e. The lowest BCUT2D eigenvalue weighted by Crippen LogP contribution is -2.41. The summed E-state index contributed by atoms with van der Waals surface area (Å²) in [6, 6.07) is 10.4. The highest BCUT2D eigenvalue weighted by Gasteiger charge is 2.26. The van der Waals surface area contributed by atoms with E-state index in [2.05, 4.69) is 63.4 Å². The Morgan fingerprint density at radius 1 is 1.21 bits per heavy atom. The largest absolute Gasteiger partial charge is 0.349 e. The van der Waals surface area contributed by atoms with Gasteiger partial charge in [0.15, 0.2) is 11.8 Å². The van der Waals surface area contributed by atoms with Crippen molar-refractivity contribution in [2.45, 2.75) is 40.3 Å². The molecule has 2 heterocycles. The van der Waals surface area contributed by atoms with Crippen molar-refractivity contribution < 1.29 is 0 Å². The van der Waals surface area contributed by atoms with Crippen LogP contribution in [0.2, 0.25) is 0 Å². The smallest absolute Gasteiger partial charge is 0.194 e. The molecule has 7 heteroatoms. The van der Waals surface area contributed by atoms with Gasteiger partial charge in [0.2, 0.25) is 0 Å². The first kappa shape index (κ1) is 21.3. The maximum Gasteiger partial charge on any atom is 0.194 e. The lowest BCUT2D eigenvalue weighted by atomic mass is 10.1. The Hall–Kier alpha value is -2.41. The summed E-state index contributed by atoms with van der Waals surface area (Å²) in [6.45, 7) is 13.3. The van der Waals surface area contributed by atoms with Crippen LogP contribution in [-0.2, 0) is 20.1 Å². The van der Waals surface area contributed by atoms with E-state index in [4.69, 9.17) is 4.99 Å². The third-order valence-corrected chi connectivity index (χ3v) is 5.84. The van der Waals surface area contributed by atoms with Gasteiger partial charge < -0.3 is 19.7 Å². The van der Waals surface area contributed by atoms with Crippen LogP contribution >= 0.6 is 0 Å². The number of guanidine groups is 1. The van der Waals surface area contributed by atoms with Gasteiger partial charge in [-0.15, -0.1) is 10.2 Å².